The number of aromatic nitrogens is 1. The van der Waals surface area contributed by atoms with Crippen molar-refractivity contribution in [2.24, 2.45) is 0 Å². The maximum Gasteiger partial charge on any atom is 0.245 e. The zero-order valence-electron chi connectivity index (χ0n) is 17.5. The minimum absolute atomic E-state index is 0.0372. The highest BCUT2D eigenvalue weighted by molar-refractivity contribution is 8.09. The Hall–Kier alpha value is -2.67. The zero-order valence-corrected chi connectivity index (χ0v) is 19.2. The van der Waals surface area contributed by atoms with E-state index < -0.39 is 20.0 Å². The SMILES string of the molecule is CS(=O)(=O)N(c1ccc(C#CCCN2CC=C(c3ccccc3)CC2)nc1)S(C)(=O)=O. The van der Waals surface area contributed by atoms with E-state index in [1.165, 1.54) is 29.5 Å². The van der Waals surface area contributed by atoms with E-state index in [9.17, 15) is 16.8 Å². The van der Waals surface area contributed by atoms with Crippen LogP contribution in [0.15, 0.2) is 54.7 Å². The van der Waals surface area contributed by atoms with Gasteiger partial charge in [0.2, 0.25) is 20.0 Å². The van der Waals surface area contributed by atoms with Crippen molar-refractivity contribution in [2.75, 3.05) is 35.9 Å². The van der Waals surface area contributed by atoms with Crippen LogP contribution in [0.1, 0.15) is 24.1 Å². The third-order valence-corrected chi connectivity index (χ3v) is 8.02. The van der Waals surface area contributed by atoms with E-state index in [1.807, 2.05) is 6.07 Å². The fraction of sp³-hybridized carbons (Fsp3) is 0.318. The Morgan fingerprint density at radius 3 is 2.29 bits per heavy atom. The molecule has 164 valence electrons. The number of hydrogen-bond donors (Lipinski definition) is 0. The Balaban J connectivity index is 1.56. The van der Waals surface area contributed by atoms with Gasteiger partial charge in [-0.3, -0.25) is 4.90 Å². The van der Waals surface area contributed by atoms with Gasteiger partial charge in [0.15, 0.2) is 0 Å². The Bertz CT molecular complexity index is 1180. The minimum Gasteiger partial charge on any atom is -0.298 e. The monoisotopic (exact) mass is 459 g/mol. The summed E-state index contributed by atoms with van der Waals surface area (Å²) in [7, 11) is -7.97. The summed E-state index contributed by atoms with van der Waals surface area (Å²) in [5, 5.41) is 0. The highest BCUT2D eigenvalue weighted by atomic mass is 32.3. The van der Waals surface area contributed by atoms with Crippen molar-refractivity contribution in [3.8, 4) is 11.8 Å². The van der Waals surface area contributed by atoms with Crippen LogP contribution in [0.3, 0.4) is 0 Å². The third-order valence-electron chi connectivity index (χ3n) is 4.77. The van der Waals surface area contributed by atoms with E-state index in [0.29, 0.717) is 15.8 Å². The second-order valence-corrected chi connectivity index (χ2v) is 11.2. The van der Waals surface area contributed by atoms with Crippen molar-refractivity contribution in [1.29, 1.82) is 0 Å². The van der Waals surface area contributed by atoms with E-state index in [1.54, 1.807) is 0 Å². The molecule has 2 heterocycles. The summed E-state index contributed by atoms with van der Waals surface area (Å²) in [6.07, 6.45) is 6.82. The standard InChI is InChI=1S/C22H25N3O4S2/c1-30(26,27)25(31(2,28)29)22-12-11-21(23-18-22)10-6-7-15-24-16-13-20(14-17-24)19-8-4-3-5-9-19/h3-5,8-9,11-13,18H,7,14-17H2,1-2H3. The van der Waals surface area contributed by atoms with Gasteiger partial charge >= 0.3 is 0 Å². The number of benzene rings is 1. The highest BCUT2D eigenvalue weighted by Crippen LogP contribution is 2.22. The average molecular weight is 460 g/mol. The molecule has 1 aromatic carbocycles. The summed E-state index contributed by atoms with van der Waals surface area (Å²) in [6, 6.07) is 13.3. The predicted molar refractivity (Wildman–Crippen MR) is 123 cm³/mol. The van der Waals surface area contributed by atoms with Gasteiger partial charge in [-0.05, 0) is 35.6 Å². The second-order valence-electron chi connectivity index (χ2n) is 7.32. The molecule has 0 spiro atoms. The van der Waals surface area contributed by atoms with Crippen LogP contribution in [0.25, 0.3) is 5.57 Å². The third kappa shape index (κ3) is 6.40. The summed E-state index contributed by atoms with van der Waals surface area (Å²) in [4.78, 5) is 6.43. The van der Waals surface area contributed by atoms with E-state index in [4.69, 9.17) is 0 Å². The molecule has 0 atom stereocenters. The Morgan fingerprint density at radius 1 is 1.03 bits per heavy atom. The molecule has 1 aliphatic rings. The number of pyridine rings is 1. The molecule has 1 aromatic heterocycles. The van der Waals surface area contributed by atoms with E-state index >= 15 is 0 Å². The summed E-state index contributed by atoms with van der Waals surface area (Å²) in [5.74, 6) is 6.02. The normalized spacial score (nSPS) is 15.0. The topological polar surface area (TPSA) is 87.7 Å². The van der Waals surface area contributed by atoms with Gasteiger partial charge in [0, 0.05) is 26.1 Å². The number of nitrogens with zero attached hydrogens (tertiary/aromatic N) is 3. The van der Waals surface area contributed by atoms with Crippen molar-refractivity contribution in [2.45, 2.75) is 12.8 Å². The molecule has 3 rings (SSSR count). The summed E-state index contributed by atoms with van der Waals surface area (Å²) in [6.45, 7) is 2.73. The molecule has 0 saturated heterocycles. The molecule has 31 heavy (non-hydrogen) atoms. The molecule has 0 N–H and O–H groups in total. The number of rotatable bonds is 6. The largest absolute Gasteiger partial charge is 0.298 e. The molecule has 0 saturated carbocycles. The van der Waals surface area contributed by atoms with E-state index in [-0.39, 0.29) is 5.69 Å². The van der Waals surface area contributed by atoms with Crippen molar-refractivity contribution in [3.05, 3.63) is 66.0 Å². The first-order valence-corrected chi connectivity index (χ1v) is 13.5. The Kier molecular flexibility index (Phi) is 7.15. The molecule has 0 amide bonds. The molecular formula is C22H25N3O4S2. The molecule has 0 radical (unpaired) electrons. The van der Waals surface area contributed by atoms with Crippen LogP contribution in [0.5, 0.6) is 0 Å². The van der Waals surface area contributed by atoms with E-state index in [2.05, 4.69) is 52.1 Å². The van der Waals surface area contributed by atoms with Crippen LogP contribution in [-0.2, 0) is 20.0 Å². The minimum atomic E-state index is -3.98. The maximum atomic E-state index is 11.8. The van der Waals surface area contributed by atoms with Crippen molar-refractivity contribution in [1.82, 2.24) is 9.88 Å². The number of sulfonamides is 2. The summed E-state index contributed by atoms with van der Waals surface area (Å²) in [5.41, 5.74) is 3.08. The lowest BCUT2D eigenvalue weighted by molar-refractivity contribution is 0.309. The fourth-order valence-electron chi connectivity index (χ4n) is 3.39. The van der Waals surface area contributed by atoms with Crippen LogP contribution < -0.4 is 3.71 Å². The van der Waals surface area contributed by atoms with Crippen LogP contribution >= 0.6 is 0 Å². The van der Waals surface area contributed by atoms with Gasteiger partial charge in [-0.1, -0.05) is 42.3 Å². The molecule has 0 unspecified atom stereocenters. The molecular weight excluding hydrogens is 434 g/mol. The Morgan fingerprint density at radius 2 is 1.74 bits per heavy atom. The zero-order chi connectivity index (χ0) is 22.5. The molecule has 2 aromatic rings. The molecule has 0 fully saturated rings. The first kappa shape index (κ1) is 23.0. The summed E-state index contributed by atoms with van der Waals surface area (Å²) >= 11 is 0. The van der Waals surface area contributed by atoms with Crippen LogP contribution in [0.4, 0.5) is 5.69 Å². The van der Waals surface area contributed by atoms with Crippen LogP contribution in [-0.4, -0.2) is 58.9 Å². The summed E-state index contributed by atoms with van der Waals surface area (Å²) < 4.78 is 47.6. The fourth-order valence-corrected chi connectivity index (χ4v) is 6.34. The molecule has 7 nitrogen and oxygen atoms in total. The van der Waals surface area contributed by atoms with Crippen LogP contribution in [0.2, 0.25) is 0 Å². The van der Waals surface area contributed by atoms with Gasteiger partial charge in [0.05, 0.1) is 24.4 Å². The molecule has 1 aliphatic heterocycles. The molecule has 0 bridgehead atoms. The van der Waals surface area contributed by atoms with Gasteiger partial charge < -0.3 is 0 Å². The predicted octanol–water partition coefficient (Wildman–Crippen LogP) is 2.34. The van der Waals surface area contributed by atoms with Crippen molar-refractivity contribution in [3.63, 3.8) is 0 Å². The average Bonchev–Trinajstić information content (AvgIpc) is 2.71. The molecule has 0 aliphatic carbocycles. The highest BCUT2D eigenvalue weighted by Gasteiger charge is 2.27. The van der Waals surface area contributed by atoms with E-state index in [0.717, 1.165) is 38.6 Å². The smallest absolute Gasteiger partial charge is 0.245 e. The second kappa shape index (κ2) is 9.64. The van der Waals surface area contributed by atoms with Crippen molar-refractivity contribution < 1.29 is 16.8 Å². The van der Waals surface area contributed by atoms with Gasteiger partial charge in [0.25, 0.3) is 0 Å². The lowest BCUT2D eigenvalue weighted by atomic mass is 9.99. The van der Waals surface area contributed by atoms with Gasteiger partial charge in [-0.2, -0.15) is 3.71 Å². The first-order valence-electron chi connectivity index (χ1n) is 9.77. The van der Waals surface area contributed by atoms with Gasteiger partial charge in [-0.15, -0.1) is 0 Å². The lowest BCUT2D eigenvalue weighted by Crippen LogP contribution is -2.35. The van der Waals surface area contributed by atoms with Crippen molar-refractivity contribution >= 4 is 31.3 Å². The number of hydrogen-bond acceptors (Lipinski definition) is 6. The van der Waals surface area contributed by atoms with Crippen LogP contribution in [0, 0.1) is 11.8 Å². The molecule has 9 heteroatoms. The maximum absolute atomic E-state index is 11.8. The first-order chi connectivity index (χ1) is 14.6. The van der Waals surface area contributed by atoms with Gasteiger partial charge in [0.1, 0.15) is 5.69 Å². The quantitative estimate of drug-likeness (QED) is 0.616. The Labute approximate surface area is 184 Å². The number of anilines is 1. The van der Waals surface area contributed by atoms with Gasteiger partial charge in [-0.25, -0.2) is 21.8 Å². The lowest BCUT2D eigenvalue weighted by Gasteiger charge is -2.25.